The minimum atomic E-state index is 0.151. The van der Waals surface area contributed by atoms with Gasteiger partial charge in [0.05, 0.1) is 24.4 Å². The number of hydrogen-bond donors (Lipinski definition) is 2. The first-order valence-electron chi connectivity index (χ1n) is 13.4. The van der Waals surface area contributed by atoms with Crippen LogP contribution in [0.15, 0.2) is 18.3 Å². The molecule has 192 valence electrons. The van der Waals surface area contributed by atoms with Gasteiger partial charge in [-0.2, -0.15) is 0 Å². The summed E-state index contributed by atoms with van der Waals surface area (Å²) in [5.41, 5.74) is 4.54. The summed E-state index contributed by atoms with van der Waals surface area (Å²) in [5, 5.41) is 8.25. The van der Waals surface area contributed by atoms with Gasteiger partial charge in [-0.1, -0.05) is 19.9 Å². The van der Waals surface area contributed by atoms with Gasteiger partial charge in [0.25, 0.3) is 0 Å². The largest absolute Gasteiger partial charge is 0.378 e. The summed E-state index contributed by atoms with van der Waals surface area (Å²) in [7, 11) is 0. The van der Waals surface area contributed by atoms with Crippen molar-refractivity contribution < 1.29 is 9.53 Å². The van der Waals surface area contributed by atoms with E-state index in [0.29, 0.717) is 39.4 Å². The van der Waals surface area contributed by atoms with Gasteiger partial charge in [-0.15, -0.1) is 0 Å². The number of fused-ring (bicyclic) bond motifs is 1. The topological polar surface area (TPSA) is 74.7 Å². The number of morpholine rings is 1. The van der Waals surface area contributed by atoms with Crippen molar-refractivity contribution in [3.63, 3.8) is 0 Å². The third-order valence-corrected chi connectivity index (χ3v) is 7.05. The number of rotatable bonds is 11. The zero-order valence-corrected chi connectivity index (χ0v) is 21.5. The average Bonchev–Trinajstić information content (AvgIpc) is 3.21. The molecule has 2 aromatic heterocycles. The van der Waals surface area contributed by atoms with Crippen LogP contribution in [0.4, 0.5) is 0 Å². The maximum absolute atomic E-state index is 13.3. The Morgan fingerprint density at radius 2 is 2.00 bits per heavy atom. The molecule has 2 N–H and O–H groups in total. The van der Waals surface area contributed by atoms with Crippen LogP contribution in [0.1, 0.15) is 43.6 Å². The monoisotopic (exact) mass is 482 g/mol. The molecule has 0 saturated carbocycles. The van der Waals surface area contributed by atoms with Gasteiger partial charge in [0, 0.05) is 63.1 Å². The lowest BCUT2D eigenvalue weighted by Crippen LogP contribution is -2.44. The van der Waals surface area contributed by atoms with Crippen molar-refractivity contribution in [3.8, 4) is 0 Å². The van der Waals surface area contributed by atoms with Gasteiger partial charge in [-0.05, 0) is 50.1 Å². The van der Waals surface area contributed by atoms with E-state index in [-0.39, 0.29) is 5.91 Å². The van der Waals surface area contributed by atoms with Crippen LogP contribution in [0.2, 0.25) is 0 Å². The zero-order chi connectivity index (χ0) is 24.5. The van der Waals surface area contributed by atoms with Crippen molar-refractivity contribution in [2.45, 2.75) is 46.2 Å². The van der Waals surface area contributed by atoms with Crippen LogP contribution in [0.3, 0.4) is 0 Å². The first-order chi connectivity index (χ1) is 17.2. The van der Waals surface area contributed by atoms with Crippen LogP contribution in [0.5, 0.6) is 0 Å². The fourth-order valence-electron chi connectivity index (χ4n) is 5.17. The predicted octanol–water partition coefficient (Wildman–Crippen LogP) is 2.27. The minimum absolute atomic E-state index is 0.151. The Balaban J connectivity index is 1.54. The van der Waals surface area contributed by atoms with Crippen LogP contribution in [0, 0.1) is 0 Å². The Morgan fingerprint density at radius 3 is 2.74 bits per heavy atom. The molecule has 8 nitrogen and oxygen atoms in total. The molecule has 2 aliphatic heterocycles. The SMILES string of the molecule is CC/C=C\c1c(CC)c2ccnc(CNCCCN3CCNCC3)c2n1CC(=O)N1CCOCC1. The second kappa shape index (κ2) is 13.2. The number of aromatic nitrogens is 2. The molecule has 2 aromatic rings. The van der Waals surface area contributed by atoms with Gasteiger partial charge in [-0.25, -0.2) is 0 Å². The zero-order valence-electron chi connectivity index (χ0n) is 21.5. The number of amides is 1. The van der Waals surface area contributed by atoms with Crippen molar-refractivity contribution in [2.75, 3.05) is 65.6 Å². The van der Waals surface area contributed by atoms with E-state index in [2.05, 4.69) is 52.2 Å². The number of piperazine rings is 1. The standard InChI is InChI=1S/C27H42N6O2/c1-3-5-7-25-22(4-2)23-8-10-30-24(20-29-9-6-13-31-14-11-28-12-15-31)27(23)33(25)21-26(34)32-16-18-35-19-17-32/h5,7-8,10,28-29H,3-4,6,9,11-21H2,1-2H3/b7-5-. The summed E-state index contributed by atoms with van der Waals surface area (Å²) in [5.74, 6) is 0.151. The maximum Gasteiger partial charge on any atom is 0.242 e. The third-order valence-electron chi connectivity index (χ3n) is 7.05. The summed E-state index contributed by atoms with van der Waals surface area (Å²) in [6, 6.07) is 2.11. The summed E-state index contributed by atoms with van der Waals surface area (Å²) in [6.45, 7) is 14.5. The van der Waals surface area contributed by atoms with Crippen LogP contribution in [0.25, 0.3) is 17.0 Å². The number of aryl methyl sites for hydroxylation is 1. The molecule has 2 fully saturated rings. The van der Waals surface area contributed by atoms with Gasteiger partial charge in [0.2, 0.25) is 5.91 Å². The highest BCUT2D eigenvalue weighted by atomic mass is 16.5. The van der Waals surface area contributed by atoms with Crippen molar-refractivity contribution in [3.05, 3.63) is 35.3 Å². The molecular weight excluding hydrogens is 440 g/mol. The molecule has 0 unspecified atom stereocenters. The van der Waals surface area contributed by atoms with Crippen molar-refractivity contribution in [1.82, 2.24) is 30.0 Å². The molecule has 0 aliphatic carbocycles. The van der Waals surface area contributed by atoms with E-state index in [0.717, 1.165) is 75.4 Å². The number of ether oxygens (including phenoxy) is 1. The lowest BCUT2D eigenvalue weighted by molar-refractivity contribution is -0.135. The molecule has 35 heavy (non-hydrogen) atoms. The van der Waals surface area contributed by atoms with Crippen LogP contribution in [-0.2, 0) is 29.0 Å². The molecular formula is C27H42N6O2. The quantitative estimate of drug-likeness (QED) is 0.479. The molecule has 0 aromatic carbocycles. The van der Waals surface area contributed by atoms with E-state index < -0.39 is 0 Å². The number of pyridine rings is 1. The van der Waals surface area contributed by atoms with E-state index in [1.807, 2.05) is 11.1 Å². The van der Waals surface area contributed by atoms with Gasteiger partial charge in [-0.3, -0.25) is 9.78 Å². The van der Waals surface area contributed by atoms with E-state index in [4.69, 9.17) is 9.72 Å². The minimum Gasteiger partial charge on any atom is -0.378 e. The number of allylic oxidation sites excluding steroid dienone is 1. The van der Waals surface area contributed by atoms with E-state index in [9.17, 15) is 4.79 Å². The molecule has 0 atom stereocenters. The van der Waals surface area contributed by atoms with E-state index in [1.54, 1.807) is 0 Å². The smallest absolute Gasteiger partial charge is 0.242 e. The highest BCUT2D eigenvalue weighted by Crippen LogP contribution is 2.30. The van der Waals surface area contributed by atoms with Crippen LogP contribution < -0.4 is 10.6 Å². The predicted molar refractivity (Wildman–Crippen MR) is 141 cm³/mol. The van der Waals surface area contributed by atoms with Gasteiger partial charge in [0.15, 0.2) is 0 Å². The number of nitrogens with one attached hydrogen (secondary N) is 2. The Hall–Kier alpha value is -2.26. The number of nitrogens with zero attached hydrogens (tertiary/aromatic N) is 4. The average molecular weight is 483 g/mol. The summed E-state index contributed by atoms with van der Waals surface area (Å²) >= 11 is 0. The summed E-state index contributed by atoms with van der Waals surface area (Å²) in [4.78, 5) is 22.5. The molecule has 4 rings (SSSR count). The summed E-state index contributed by atoms with van der Waals surface area (Å²) < 4.78 is 7.67. The summed E-state index contributed by atoms with van der Waals surface area (Å²) in [6.07, 6.45) is 9.29. The lowest BCUT2D eigenvalue weighted by atomic mass is 10.1. The van der Waals surface area contributed by atoms with Gasteiger partial charge >= 0.3 is 0 Å². The number of hydrogen-bond acceptors (Lipinski definition) is 6. The number of carbonyl (C=O) groups excluding carboxylic acids is 1. The molecule has 0 spiro atoms. The Kier molecular flexibility index (Phi) is 9.71. The first kappa shape index (κ1) is 25.8. The first-order valence-corrected chi connectivity index (χ1v) is 13.4. The fraction of sp³-hybridized carbons (Fsp3) is 0.630. The number of carbonyl (C=O) groups is 1. The van der Waals surface area contributed by atoms with Crippen LogP contribution in [-0.4, -0.2) is 90.8 Å². The maximum atomic E-state index is 13.3. The molecule has 8 heteroatoms. The van der Waals surface area contributed by atoms with Crippen molar-refractivity contribution >= 4 is 22.9 Å². The highest BCUT2D eigenvalue weighted by molar-refractivity contribution is 5.91. The molecule has 1 amide bonds. The lowest BCUT2D eigenvalue weighted by Gasteiger charge is -2.27. The van der Waals surface area contributed by atoms with Gasteiger partial charge in [0.1, 0.15) is 6.54 Å². The van der Waals surface area contributed by atoms with E-state index >= 15 is 0 Å². The highest BCUT2D eigenvalue weighted by Gasteiger charge is 2.23. The van der Waals surface area contributed by atoms with Crippen molar-refractivity contribution in [2.24, 2.45) is 0 Å². The molecule has 0 bridgehead atoms. The Labute approximate surface area is 209 Å². The molecule has 2 saturated heterocycles. The molecule has 0 radical (unpaired) electrons. The second-order valence-electron chi connectivity index (χ2n) is 9.38. The fourth-order valence-corrected chi connectivity index (χ4v) is 5.17. The normalized spacial score (nSPS) is 17.6. The molecule has 2 aliphatic rings. The van der Waals surface area contributed by atoms with Crippen molar-refractivity contribution in [1.29, 1.82) is 0 Å². The molecule has 4 heterocycles. The second-order valence-corrected chi connectivity index (χ2v) is 9.38. The van der Waals surface area contributed by atoms with E-state index in [1.165, 1.54) is 10.9 Å². The van der Waals surface area contributed by atoms with Crippen LogP contribution >= 0.6 is 0 Å². The third kappa shape index (κ3) is 6.50. The Bertz CT molecular complexity index is 989. The Morgan fingerprint density at radius 1 is 1.20 bits per heavy atom. The van der Waals surface area contributed by atoms with Gasteiger partial charge < -0.3 is 29.7 Å².